The van der Waals surface area contributed by atoms with Crippen molar-refractivity contribution in [1.29, 1.82) is 0 Å². The predicted molar refractivity (Wildman–Crippen MR) is 93.7 cm³/mol. The lowest BCUT2D eigenvalue weighted by molar-refractivity contribution is -0.384. The van der Waals surface area contributed by atoms with E-state index in [9.17, 15) is 28.4 Å². The zero-order chi connectivity index (χ0) is 20.4. The molecule has 2 rings (SSSR count). The second-order valence-corrected chi connectivity index (χ2v) is 6.60. The van der Waals surface area contributed by atoms with Crippen LogP contribution in [-0.2, 0) is 11.6 Å². The molecule has 0 radical (unpaired) electrons. The van der Waals surface area contributed by atoms with E-state index in [1.807, 2.05) is 20.8 Å². The zero-order valence-electron chi connectivity index (χ0n) is 14.9. The summed E-state index contributed by atoms with van der Waals surface area (Å²) in [6, 6.07) is 6.74. The third-order valence-electron chi connectivity index (χ3n) is 4.41. The predicted octanol–water partition coefficient (Wildman–Crippen LogP) is 6.42. The Labute approximate surface area is 153 Å². The molecule has 0 saturated heterocycles. The normalized spacial score (nSPS) is 12.5. The first-order chi connectivity index (χ1) is 12.5. The van der Waals surface area contributed by atoms with Gasteiger partial charge < -0.3 is 5.11 Å². The van der Waals surface area contributed by atoms with Crippen LogP contribution >= 0.6 is 0 Å². The number of phenols is 1. The average Bonchev–Trinajstić information content (AvgIpc) is 2.59. The van der Waals surface area contributed by atoms with Crippen molar-refractivity contribution in [2.75, 3.05) is 0 Å². The summed E-state index contributed by atoms with van der Waals surface area (Å²) in [7, 11) is 0. The van der Waals surface area contributed by atoms with Crippen LogP contribution in [0.5, 0.6) is 5.75 Å². The molecule has 0 spiro atoms. The fourth-order valence-corrected chi connectivity index (χ4v) is 2.27. The highest BCUT2D eigenvalue weighted by Gasteiger charge is 2.33. The van der Waals surface area contributed by atoms with Crippen molar-refractivity contribution < 1.29 is 23.2 Å². The lowest BCUT2D eigenvalue weighted by atomic mass is 9.82. The number of phenolic OH excluding ortho intramolecular Hbond substituents is 1. The molecule has 1 N–H and O–H groups in total. The van der Waals surface area contributed by atoms with Gasteiger partial charge >= 0.3 is 6.18 Å². The topological polar surface area (TPSA) is 88.1 Å². The molecule has 2 aromatic rings. The van der Waals surface area contributed by atoms with Crippen LogP contribution in [0.1, 0.15) is 38.3 Å². The summed E-state index contributed by atoms with van der Waals surface area (Å²) in [5.41, 5.74) is -1.56. The number of rotatable bonds is 5. The summed E-state index contributed by atoms with van der Waals surface area (Å²) in [5, 5.41) is 28.5. The van der Waals surface area contributed by atoms with Crippen LogP contribution in [0.25, 0.3) is 0 Å². The number of halogens is 3. The minimum Gasteiger partial charge on any atom is -0.506 e. The van der Waals surface area contributed by atoms with Crippen LogP contribution in [0.15, 0.2) is 46.6 Å². The van der Waals surface area contributed by atoms with Gasteiger partial charge in [0.05, 0.1) is 10.5 Å². The molecule has 6 nitrogen and oxygen atoms in total. The Bertz CT molecular complexity index is 893. The molecule has 0 aliphatic carbocycles. The Morgan fingerprint density at radius 1 is 1.04 bits per heavy atom. The summed E-state index contributed by atoms with van der Waals surface area (Å²) in [6.45, 7) is 6.00. The van der Waals surface area contributed by atoms with E-state index < -0.39 is 22.4 Å². The highest BCUT2D eigenvalue weighted by molar-refractivity contribution is 5.60. The van der Waals surface area contributed by atoms with Gasteiger partial charge in [-0.25, -0.2) is 0 Å². The van der Waals surface area contributed by atoms with Gasteiger partial charge in [-0.15, -0.1) is 10.2 Å². The van der Waals surface area contributed by atoms with E-state index in [-0.39, 0.29) is 22.5 Å². The number of alkyl halides is 3. The summed E-state index contributed by atoms with van der Waals surface area (Å²) in [5.74, 6) is -0.191. The SMILES string of the molecule is CCC(C)(C)c1ccc(O)c(N=Nc2ccc(C(F)(F)F)cc2[N+](=O)[O-])c1. The van der Waals surface area contributed by atoms with Gasteiger partial charge in [-0.2, -0.15) is 13.2 Å². The molecule has 144 valence electrons. The van der Waals surface area contributed by atoms with Crippen molar-refractivity contribution >= 4 is 17.1 Å². The number of benzene rings is 2. The molecule has 0 fully saturated rings. The van der Waals surface area contributed by atoms with Crippen molar-refractivity contribution in [3.8, 4) is 5.75 Å². The number of nitrogens with zero attached hydrogens (tertiary/aromatic N) is 3. The third-order valence-corrected chi connectivity index (χ3v) is 4.41. The third kappa shape index (κ3) is 4.60. The van der Waals surface area contributed by atoms with Crippen LogP contribution < -0.4 is 0 Å². The molecule has 0 unspecified atom stereocenters. The minimum atomic E-state index is -4.71. The fourth-order valence-electron chi connectivity index (χ4n) is 2.27. The molecule has 0 bridgehead atoms. The van der Waals surface area contributed by atoms with Gasteiger partial charge in [0.25, 0.3) is 5.69 Å². The molecule has 0 aliphatic heterocycles. The number of hydrogen-bond acceptors (Lipinski definition) is 5. The molecule has 0 aromatic heterocycles. The van der Waals surface area contributed by atoms with Gasteiger partial charge in [-0.05, 0) is 41.7 Å². The number of aromatic hydroxyl groups is 1. The highest BCUT2D eigenvalue weighted by Crippen LogP contribution is 2.38. The summed E-state index contributed by atoms with van der Waals surface area (Å²) in [4.78, 5) is 10.1. The highest BCUT2D eigenvalue weighted by atomic mass is 19.4. The molecular weight excluding hydrogens is 363 g/mol. The van der Waals surface area contributed by atoms with Crippen LogP contribution in [0.3, 0.4) is 0 Å². The van der Waals surface area contributed by atoms with Gasteiger partial charge in [-0.1, -0.05) is 26.8 Å². The Hall–Kier alpha value is -2.97. The first kappa shape index (κ1) is 20.3. The van der Waals surface area contributed by atoms with Crippen molar-refractivity contribution in [2.24, 2.45) is 10.2 Å². The number of nitro benzene ring substituents is 1. The van der Waals surface area contributed by atoms with Gasteiger partial charge in [0.2, 0.25) is 0 Å². The first-order valence-corrected chi connectivity index (χ1v) is 8.06. The first-order valence-electron chi connectivity index (χ1n) is 8.06. The summed E-state index contributed by atoms with van der Waals surface area (Å²) in [6.07, 6.45) is -3.89. The summed E-state index contributed by atoms with van der Waals surface area (Å²) >= 11 is 0. The molecule has 0 atom stereocenters. The van der Waals surface area contributed by atoms with Crippen LogP contribution in [0.2, 0.25) is 0 Å². The summed E-state index contributed by atoms with van der Waals surface area (Å²) < 4.78 is 38.2. The maximum absolute atomic E-state index is 12.7. The van der Waals surface area contributed by atoms with E-state index in [0.29, 0.717) is 12.1 Å². The molecule has 27 heavy (non-hydrogen) atoms. The zero-order valence-corrected chi connectivity index (χ0v) is 14.9. The van der Waals surface area contributed by atoms with E-state index in [4.69, 9.17) is 0 Å². The second-order valence-electron chi connectivity index (χ2n) is 6.60. The molecule has 2 aromatic carbocycles. The Kier molecular flexibility index (Phi) is 5.53. The smallest absolute Gasteiger partial charge is 0.416 e. The van der Waals surface area contributed by atoms with Gasteiger partial charge in [0.1, 0.15) is 11.4 Å². The number of hydrogen-bond donors (Lipinski definition) is 1. The Morgan fingerprint density at radius 2 is 1.63 bits per heavy atom. The Balaban J connectivity index is 2.46. The molecule has 0 amide bonds. The largest absolute Gasteiger partial charge is 0.506 e. The molecule has 9 heteroatoms. The van der Waals surface area contributed by atoms with Crippen LogP contribution in [0, 0.1) is 10.1 Å². The van der Waals surface area contributed by atoms with Crippen molar-refractivity contribution in [3.63, 3.8) is 0 Å². The monoisotopic (exact) mass is 381 g/mol. The standard InChI is InChI=1S/C18H18F3N3O3/c1-4-17(2,3)11-6-8-16(25)14(9-11)23-22-13-7-5-12(18(19,20)21)10-15(13)24(26)27/h5-10,25H,4H2,1-3H3. The van der Waals surface area contributed by atoms with Crippen molar-refractivity contribution in [1.82, 2.24) is 0 Å². The van der Waals surface area contributed by atoms with E-state index in [0.717, 1.165) is 18.1 Å². The molecular formula is C18H18F3N3O3. The molecule has 0 saturated carbocycles. The lowest BCUT2D eigenvalue weighted by Gasteiger charge is -2.23. The van der Waals surface area contributed by atoms with E-state index in [2.05, 4.69) is 10.2 Å². The lowest BCUT2D eigenvalue weighted by Crippen LogP contribution is -2.14. The van der Waals surface area contributed by atoms with Gasteiger partial charge in [-0.3, -0.25) is 10.1 Å². The molecule has 0 heterocycles. The minimum absolute atomic E-state index is 0.0724. The number of azo groups is 1. The van der Waals surface area contributed by atoms with Crippen LogP contribution in [0.4, 0.5) is 30.2 Å². The number of nitro groups is 1. The van der Waals surface area contributed by atoms with Crippen molar-refractivity contribution in [3.05, 3.63) is 57.6 Å². The second kappa shape index (κ2) is 7.34. The van der Waals surface area contributed by atoms with Gasteiger partial charge in [0, 0.05) is 6.07 Å². The van der Waals surface area contributed by atoms with E-state index in [1.165, 1.54) is 6.07 Å². The fraction of sp³-hybridized carbons (Fsp3) is 0.333. The van der Waals surface area contributed by atoms with Crippen molar-refractivity contribution in [2.45, 2.75) is 38.8 Å². The van der Waals surface area contributed by atoms with Gasteiger partial charge in [0.15, 0.2) is 5.69 Å². The maximum Gasteiger partial charge on any atom is 0.416 e. The van der Waals surface area contributed by atoms with E-state index >= 15 is 0 Å². The maximum atomic E-state index is 12.7. The average molecular weight is 381 g/mol. The quantitative estimate of drug-likeness (QED) is 0.368. The molecule has 0 aliphatic rings. The van der Waals surface area contributed by atoms with E-state index in [1.54, 1.807) is 12.1 Å². The van der Waals surface area contributed by atoms with Crippen LogP contribution in [-0.4, -0.2) is 10.0 Å². The Morgan fingerprint density at radius 3 is 2.19 bits per heavy atom.